The van der Waals surface area contributed by atoms with Crippen LogP contribution in [0.25, 0.3) is 22.6 Å². The van der Waals surface area contributed by atoms with E-state index in [2.05, 4.69) is 21.9 Å². The highest BCUT2D eigenvalue weighted by Crippen LogP contribution is 2.24. The zero-order chi connectivity index (χ0) is 16.5. The van der Waals surface area contributed by atoms with E-state index < -0.39 is 0 Å². The molecular weight excluding hydrogens is 304 g/mol. The monoisotopic (exact) mass is 322 g/mol. The number of carbonyl (C=O) groups is 1. The number of nitrogens with zero attached hydrogens (tertiary/aromatic N) is 4. The molecule has 1 aromatic carbocycles. The molecule has 2 aromatic heterocycles. The molecule has 3 heterocycles. The summed E-state index contributed by atoms with van der Waals surface area (Å²) < 4.78 is 5.77. The van der Waals surface area contributed by atoms with Crippen LogP contribution in [-0.4, -0.2) is 58.9 Å². The number of pyridine rings is 1. The summed E-state index contributed by atoms with van der Waals surface area (Å²) in [6, 6.07) is 9.16. The summed E-state index contributed by atoms with van der Waals surface area (Å²) in [7, 11) is 2.07. The van der Waals surface area contributed by atoms with Gasteiger partial charge in [0.05, 0.1) is 5.56 Å². The van der Waals surface area contributed by atoms with Crippen LogP contribution in [0.3, 0.4) is 0 Å². The molecule has 24 heavy (non-hydrogen) atoms. The average Bonchev–Trinajstić information content (AvgIpc) is 3.06. The van der Waals surface area contributed by atoms with Crippen molar-refractivity contribution in [2.24, 2.45) is 0 Å². The molecule has 0 spiro atoms. The number of aromatic nitrogens is 2. The van der Waals surface area contributed by atoms with Crippen molar-refractivity contribution in [3.8, 4) is 11.5 Å². The van der Waals surface area contributed by atoms with E-state index in [9.17, 15) is 4.79 Å². The van der Waals surface area contributed by atoms with Crippen molar-refractivity contribution in [2.45, 2.75) is 0 Å². The van der Waals surface area contributed by atoms with Gasteiger partial charge >= 0.3 is 0 Å². The molecule has 1 amide bonds. The number of hydrogen-bond donors (Lipinski definition) is 0. The lowest BCUT2D eigenvalue weighted by atomic mass is 10.1. The number of rotatable bonds is 2. The fourth-order valence-electron chi connectivity index (χ4n) is 2.87. The van der Waals surface area contributed by atoms with E-state index >= 15 is 0 Å². The van der Waals surface area contributed by atoms with Gasteiger partial charge < -0.3 is 14.2 Å². The normalized spacial score (nSPS) is 15.8. The highest BCUT2D eigenvalue weighted by Gasteiger charge is 2.21. The van der Waals surface area contributed by atoms with Gasteiger partial charge in [-0.2, -0.15) is 0 Å². The number of oxazole rings is 1. The molecule has 0 unspecified atom stereocenters. The van der Waals surface area contributed by atoms with Gasteiger partial charge in [-0.05, 0) is 37.4 Å². The maximum absolute atomic E-state index is 12.7. The van der Waals surface area contributed by atoms with Crippen molar-refractivity contribution in [3.63, 3.8) is 0 Å². The van der Waals surface area contributed by atoms with Crippen LogP contribution in [0.1, 0.15) is 10.4 Å². The van der Waals surface area contributed by atoms with Crippen molar-refractivity contribution in [1.82, 2.24) is 19.8 Å². The van der Waals surface area contributed by atoms with Crippen LogP contribution in [0.4, 0.5) is 0 Å². The van der Waals surface area contributed by atoms with E-state index in [-0.39, 0.29) is 5.91 Å². The van der Waals surface area contributed by atoms with Crippen LogP contribution in [-0.2, 0) is 0 Å². The standard InChI is InChI=1S/C18H18N4O2/c1-21-7-9-22(10-8-21)18(23)13-4-5-16-15(11-13)20-17(24-16)14-3-2-6-19-12-14/h2-6,11-12H,7-10H2,1H3. The second kappa shape index (κ2) is 6.05. The van der Waals surface area contributed by atoms with Crippen LogP contribution in [0.15, 0.2) is 47.1 Å². The smallest absolute Gasteiger partial charge is 0.254 e. The lowest BCUT2D eigenvalue weighted by Crippen LogP contribution is -2.47. The quantitative estimate of drug-likeness (QED) is 0.724. The number of fused-ring (bicyclic) bond motifs is 1. The SMILES string of the molecule is CN1CCN(C(=O)c2ccc3oc(-c4cccnc4)nc3c2)CC1. The van der Waals surface area contributed by atoms with E-state index in [4.69, 9.17) is 4.42 Å². The van der Waals surface area contributed by atoms with Gasteiger partial charge in [-0.25, -0.2) is 4.98 Å². The molecule has 4 rings (SSSR count). The van der Waals surface area contributed by atoms with Gasteiger partial charge in [-0.15, -0.1) is 0 Å². The van der Waals surface area contributed by atoms with Gasteiger partial charge in [0.25, 0.3) is 5.91 Å². The number of hydrogen-bond acceptors (Lipinski definition) is 5. The summed E-state index contributed by atoms with van der Waals surface area (Å²) >= 11 is 0. The minimum absolute atomic E-state index is 0.0518. The zero-order valence-electron chi connectivity index (χ0n) is 13.5. The second-order valence-corrected chi connectivity index (χ2v) is 6.04. The fourth-order valence-corrected chi connectivity index (χ4v) is 2.87. The first-order valence-corrected chi connectivity index (χ1v) is 7.99. The van der Waals surface area contributed by atoms with E-state index in [0.717, 1.165) is 31.7 Å². The Morgan fingerprint density at radius 2 is 2.00 bits per heavy atom. The van der Waals surface area contributed by atoms with Crippen molar-refractivity contribution in [1.29, 1.82) is 0 Å². The summed E-state index contributed by atoms with van der Waals surface area (Å²) in [5, 5.41) is 0. The first-order valence-electron chi connectivity index (χ1n) is 7.99. The molecule has 0 atom stereocenters. The van der Waals surface area contributed by atoms with E-state index in [1.54, 1.807) is 24.5 Å². The van der Waals surface area contributed by atoms with Gasteiger partial charge in [-0.3, -0.25) is 9.78 Å². The summed E-state index contributed by atoms with van der Waals surface area (Å²) in [6.45, 7) is 3.33. The Hall–Kier alpha value is -2.73. The first kappa shape index (κ1) is 14.8. The topological polar surface area (TPSA) is 62.5 Å². The minimum atomic E-state index is 0.0518. The largest absolute Gasteiger partial charge is 0.436 e. The number of amides is 1. The number of piperazine rings is 1. The van der Waals surface area contributed by atoms with E-state index in [0.29, 0.717) is 22.6 Å². The van der Waals surface area contributed by atoms with Crippen molar-refractivity contribution < 1.29 is 9.21 Å². The third-order valence-electron chi connectivity index (χ3n) is 4.33. The predicted octanol–water partition coefficient (Wildman–Crippen LogP) is 2.28. The van der Waals surface area contributed by atoms with Gasteiger partial charge in [0.1, 0.15) is 5.52 Å². The van der Waals surface area contributed by atoms with Crippen molar-refractivity contribution in [2.75, 3.05) is 33.2 Å². The van der Waals surface area contributed by atoms with E-state index in [1.165, 1.54) is 0 Å². The Bertz CT molecular complexity index is 867. The lowest BCUT2D eigenvalue weighted by molar-refractivity contribution is 0.0664. The highest BCUT2D eigenvalue weighted by atomic mass is 16.3. The summed E-state index contributed by atoms with van der Waals surface area (Å²) in [4.78, 5) is 25.4. The Kier molecular flexibility index (Phi) is 3.74. The summed E-state index contributed by atoms with van der Waals surface area (Å²) in [6.07, 6.45) is 3.42. The Balaban J connectivity index is 1.62. The molecule has 1 aliphatic rings. The molecule has 0 saturated carbocycles. The van der Waals surface area contributed by atoms with E-state index in [1.807, 2.05) is 23.1 Å². The average molecular weight is 322 g/mol. The molecule has 6 nitrogen and oxygen atoms in total. The molecule has 3 aromatic rings. The Labute approximate surface area is 139 Å². The van der Waals surface area contributed by atoms with Crippen LogP contribution >= 0.6 is 0 Å². The third-order valence-corrected chi connectivity index (χ3v) is 4.33. The summed E-state index contributed by atoms with van der Waals surface area (Å²) in [5.41, 5.74) is 2.83. The third kappa shape index (κ3) is 2.76. The molecule has 122 valence electrons. The molecule has 0 N–H and O–H groups in total. The Morgan fingerprint density at radius 3 is 2.75 bits per heavy atom. The second-order valence-electron chi connectivity index (χ2n) is 6.04. The zero-order valence-corrected chi connectivity index (χ0v) is 13.5. The van der Waals surface area contributed by atoms with Gasteiger partial charge in [0, 0.05) is 44.1 Å². The molecule has 0 aliphatic carbocycles. The van der Waals surface area contributed by atoms with Crippen molar-refractivity contribution >= 4 is 17.0 Å². The molecule has 1 aliphatic heterocycles. The number of benzene rings is 1. The first-order chi connectivity index (χ1) is 11.7. The maximum atomic E-state index is 12.7. The summed E-state index contributed by atoms with van der Waals surface area (Å²) in [5.74, 6) is 0.568. The molecule has 1 fully saturated rings. The van der Waals surface area contributed by atoms with Gasteiger partial charge in [0.15, 0.2) is 5.58 Å². The molecule has 0 bridgehead atoms. The predicted molar refractivity (Wildman–Crippen MR) is 90.6 cm³/mol. The maximum Gasteiger partial charge on any atom is 0.254 e. The molecule has 6 heteroatoms. The van der Waals surface area contributed by atoms with Crippen molar-refractivity contribution in [3.05, 3.63) is 48.3 Å². The van der Waals surface area contributed by atoms with Gasteiger partial charge in [-0.1, -0.05) is 0 Å². The van der Waals surface area contributed by atoms with Crippen LogP contribution in [0.2, 0.25) is 0 Å². The Morgan fingerprint density at radius 1 is 1.17 bits per heavy atom. The molecular formula is C18H18N4O2. The number of carbonyl (C=O) groups excluding carboxylic acids is 1. The molecule has 1 saturated heterocycles. The molecule has 0 radical (unpaired) electrons. The lowest BCUT2D eigenvalue weighted by Gasteiger charge is -2.32. The van der Waals surface area contributed by atoms with Crippen LogP contribution in [0.5, 0.6) is 0 Å². The highest BCUT2D eigenvalue weighted by molar-refractivity contribution is 5.97. The number of likely N-dealkylation sites (N-methyl/N-ethyl adjacent to an activating group) is 1. The van der Waals surface area contributed by atoms with Gasteiger partial charge in [0.2, 0.25) is 5.89 Å². The minimum Gasteiger partial charge on any atom is -0.436 e. The van der Waals surface area contributed by atoms with Crippen LogP contribution in [0, 0.1) is 0 Å². The van der Waals surface area contributed by atoms with Crippen LogP contribution < -0.4 is 0 Å². The fraction of sp³-hybridized carbons (Fsp3) is 0.278.